The summed E-state index contributed by atoms with van der Waals surface area (Å²) in [6, 6.07) is 9.42. The van der Waals surface area contributed by atoms with Crippen molar-refractivity contribution in [2.45, 2.75) is 12.7 Å². The monoisotopic (exact) mass is 366 g/mol. The van der Waals surface area contributed by atoms with E-state index in [-0.39, 0.29) is 18.0 Å². The van der Waals surface area contributed by atoms with Gasteiger partial charge in [-0.3, -0.25) is 9.59 Å². The Labute approximate surface area is 148 Å². The number of benzene rings is 1. The Balaban J connectivity index is 1.89. The van der Waals surface area contributed by atoms with Crippen LogP contribution in [0, 0.1) is 0 Å². The first-order chi connectivity index (χ1) is 12.2. The number of amides is 2. The number of hydrogen-bond acceptors (Lipinski definition) is 3. The zero-order valence-electron chi connectivity index (χ0n) is 13.9. The van der Waals surface area contributed by atoms with Gasteiger partial charge < -0.3 is 14.6 Å². The number of carbonyl (C=O) groups excluding carboxylic acids is 2. The van der Waals surface area contributed by atoms with Gasteiger partial charge >= 0.3 is 6.18 Å². The Morgan fingerprint density at radius 3 is 2.46 bits per heavy atom. The number of furan rings is 1. The molecule has 8 heteroatoms. The fraction of sp³-hybridized carbons (Fsp3) is 0.222. The number of rotatable bonds is 6. The first-order valence-corrected chi connectivity index (χ1v) is 7.65. The van der Waals surface area contributed by atoms with E-state index in [9.17, 15) is 22.8 Å². The minimum absolute atomic E-state index is 0.115. The molecule has 0 atom stereocenters. The number of hydrogen-bond donors (Lipinski definition) is 1. The molecule has 0 aliphatic heterocycles. The second kappa shape index (κ2) is 8.37. The number of alkyl halides is 3. The van der Waals surface area contributed by atoms with Gasteiger partial charge in [-0.25, -0.2) is 0 Å². The predicted molar refractivity (Wildman–Crippen MR) is 89.0 cm³/mol. The highest BCUT2D eigenvalue weighted by molar-refractivity contribution is 5.94. The van der Waals surface area contributed by atoms with Crippen LogP contribution in [0.3, 0.4) is 0 Å². The van der Waals surface area contributed by atoms with E-state index in [1.807, 2.05) is 0 Å². The molecule has 0 spiro atoms. The van der Waals surface area contributed by atoms with E-state index in [0.29, 0.717) is 5.76 Å². The summed E-state index contributed by atoms with van der Waals surface area (Å²) in [4.78, 5) is 25.1. The van der Waals surface area contributed by atoms with Crippen LogP contribution >= 0.6 is 0 Å². The van der Waals surface area contributed by atoms with Gasteiger partial charge in [0.15, 0.2) is 0 Å². The maximum Gasteiger partial charge on any atom is 0.405 e. The van der Waals surface area contributed by atoms with Gasteiger partial charge in [0, 0.05) is 25.2 Å². The fourth-order valence-corrected chi connectivity index (χ4v) is 2.06. The van der Waals surface area contributed by atoms with E-state index in [4.69, 9.17) is 4.42 Å². The normalized spacial score (nSPS) is 11.5. The zero-order chi connectivity index (χ0) is 19.2. The van der Waals surface area contributed by atoms with Crippen molar-refractivity contribution >= 4 is 17.9 Å². The Bertz CT molecular complexity index is 766. The lowest BCUT2D eigenvalue weighted by molar-refractivity contribution is -0.125. The molecule has 2 aromatic rings. The molecule has 0 saturated carbocycles. The van der Waals surface area contributed by atoms with Gasteiger partial charge in [0.1, 0.15) is 12.3 Å². The van der Waals surface area contributed by atoms with Crippen molar-refractivity contribution in [3.8, 4) is 0 Å². The summed E-state index contributed by atoms with van der Waals surface area (Å²) in [6.45, 7) is -1.10. The number of carbonyl (C=O) groups is 2. The van der Waals surface area contributed by atoms with Crippen LogP contribution in [-0.4, -0.2) is 36.5 Å². The van der Waals surface area contributed by atoms with Crippen LogP contribution in [0.2, 0.25) is 0 Å². The average molecular weight is 366 g/mol. The Morgan fingerprint density at radius 1 is 1.19 bits per heavy atom. The highest BCUT2D eigenvalue weighted by atomic mass is 19.4. The SMILES string of the molecule is CN(Cc1ccc(C(=O)NCC(F)(F)F)cc1)C(=O)/C=C/c1ccco1. The molecular weight excluding hydrogens is 349 g/mol. The van der Waals surface area contributed by atoms with Gasteiger partial charge in [-0.05, 0) is 35.9 Å². The van der Waals surface area contributed by atoms with E-state index < -0.39 is 18.6 Å². The van der Waals surface area contributed by atoms with Gasteiger partial charge in [-0.2, -0.15) is 13.2 Å². The minimum atomic E-state index is -4.46. The molecule has 2 rings (SSSR count). The topological polar surface area (TPSA) is 62.6 Å². The molecule has 0 aliphatic carbocycles. The van der Waals surface area contributed by atoms with Crippen LogP contribution < -0.4 is 5.32 Å². The first-order valence-electron chi connectivity index (χ1n) is 7.65. The van der Waals surface area contributed by atoms with Crippen molar-refractivity contribution in [3.05, 3.63) is 65.6 Å². The molecule has 0 fully saturated rings. The summed E-state index contributed by atoms with van der Waals surface area (Å²) in [5.74, 6) is -0.492. The van der Waals surface area contributed by atoms with Gasteiger partial charge in [-0.1, -0.05) is 12.1 Å². The molecule has 1 heterocycles. The van der Waals surface area contributed by atoms with Crippen molar-refractivity contribution in [2.24, 2.45) is 0 Å². The first kappa shape index (κ1) is 19.3. The van der Waals surface area contributed by atoms with Gasteiger partial charge in [0.25, 0.3) is 5.91 Å². The summed E-state index contributed by atoms with van der Waals surface area (Å²) in [7, 11) is 1.61. The highest BCUT2D eigenvalue weighted by Crippen LogP contribution is 2.13. The van der Waals surface area contributed by atoms with Crippen molar-refractivity contribution in [2.75, 3.05) is 13.6 Å². The van der Waals surface area contributed by atoms with E-state index in [2.05, 4.69) is 0 Å². The maximum absolute atomic E-state index is 12.1. The average Bonchev–Trinajstić information content (AvgIpc) is 3.11. The number of halogens is 3. The lowest BCUT2D eigenvalue weighted by Crippen LogP contribution is -2.33. The third-order valence-corrected chi connectivity index (χ3v) is 3.39. The van der Waals surface area contributed by atoms with E-state index >= 15 is 0 Å². The predicted octanol–water partition coefficient (Wildman–Crippen LogP) is 3.24. The van der Waals surface area contributed by atoms with Gasteiger partial charge in [0.2, 0.25) is 5.91 Å². The fourth-order valence-electron chi connectivity index (χ4n) is 2.06. The minimum Gasteiger partial charge on any atom is -0.465 e. The smallest absolute Gasteiger partial charge is 0.405 e. The molecule has 0 unspecified atom stereocenters. The number of likely N-dealkylation sites (N-methyl/N-ethyl adjacent to an activating group) is 1. The molecule has 1 aromatic carbocycles. The van der Waals surface area contributed by atoms with Crippen LogP contribution in [0.5, 0.6) is 0 Å². The Kier molecular flexibility index (Phi) is 6.21. The summed E-state index contributed by atoms with van der Waals surface area (Å²) in [5, 5.41) is 1.80. The summed E-state index contributed by atoms with van der Waals surface area (Å²) in [5.41, 5.74) is 0.851. The van der Waals surface area contributed by atoms with E-state index in [0.717, 1.165) is 5.56 Å². The number of nitrogens with zero attached hydrogens (tertiary/aromatic N) is 1. The summed E-state index contributed by atoms with van der Waals surface area (Å²) >= 11 is 0. The second-order valence-electron chi connectivity index (χ2n) is 5.54. The lowest BCUT2D eigenvalue weighted by atomic mass is 10.1. The summed E-state index contributed by atoms with van der Waals surface area (Å²) in [6.07, 6.45) is -0.0349. The van der Waals surface area contributed by atoms with Crippen molar-refractivity contribution in [3.63, 3.8) is 0 Å². The molecule has 5 nitrogen and oxygen atoms in total. The van der Waals surface area contributed by atoms with E-state index in [1.54, 1.807) is 42.7 Å². The largest absolute Gasteiger partial charge is 0.465 e. The van der Waals surface area contributed by atoms with E-state index in [1.165, 1.54) is 29.4 Å². The third-order valence-electron chi connectivity index (χ3n) is 3.39. The quantitative estimate of drug-likeness (QED) is 0.799. The van der Waals surface area contributed by atoms with Crippen molar-refractivity contribution in [1.29, 1.82) is 0 Å². The standard InChI is InChI=1S/C18H17F3N2O3/c1-23(16(24)9-8-15-3-2-10-26-15)11-13-4-6-14(7-5-13)17(25)22-12-18(19,20)21/h2-10H,11-12H2,1H3,(H,22,25)/b9-8+. The molecule has 1 N–H and O–H groups in total. The molecule has 0 radical (unpaired) electrons. The molecule has 138 valence electrons. The highest BCUT2D eigenvalue weighted by Gasteiger charge is 2.27. The zero-order valence-corrected chi connectivity index (χ0v) is 13.9. The molecular formula is C18H17F3N2O3. The lowest BCUT2D eigenvalue weighted by Gasteiger charge is -2.15. The molecule has 0 aliphatic rings. The maximum atomic E-state index is 12.1. The second-order valence-corrected chi connectivity index (χ2v) is 5.54. The molecule has 26 heavy (non-hydrogen) atoms. The summed E-state index contributed by atoms with van der Waals surface area (Å²) < 4.78 is 41.4. The Hall–Kier alpha value is -3.03. The molecule has 0 bridgehead atoms. The number of nitrogens with one attached hydrogen (secondary N) is 1. The molecule has 1 aromatic heterocycles. The van der Waals surface area contributed by atoms with Crippen LogP contribution in [0.25, 0.3) is 6.08 Å². The third kappa shape index (κ3) is 6.12. The van der Waals surface area contributed by atoms with Crippen LogP contribution in [0.1, 0.15) is 21.7 Å². The van der Waals surface area contributed by atoms with Crippen LogP contribution in [0.15, 0.2) is 53.2 Å². The van der Waals surface area contributed by atoms with Crippen molar-refractivity contribution in [1.82, 2.24) is 10.2 Å². The van der Waals surface area contributed by atoms with Crippen molar-refractivity contribution < 1.29 is 27.2 Å². The molecule has 0 saturated heterocycles. The molecule has 2 amide bonds. The van der Waals surface area contributed by atoms with Crippen LogP contribution in [-0.2, 0) is 11.3 Å². The Morgan fingerprint density at radius 2 is 1.88 bits per heavy atom. The van der Waals surface area contributed by atoms with Gasteiger partial charge in [-0.15, -0.1) is 0 Å². The van der Waals surface area contributed by atoms with Gasteiger partial charge in [0.05, 0.1) is 6.26 Å². The van der Waals surface area contributed by atoms with Crippen LogP contribution in [0.4, 0.5) is 13.2 Å².